The molecule has 1 aromatic carbocycles. The van der Waals surface area contributed by atoms with E-state index in [9.17, 15) is 0 Å². The molecule has 1 atom stereocenters. The lowest BCUT2D eigenvalue weighted by atomic mass is 10.3. The Kier molecular flexibility index (Phi) is 5.36. The molecule has 0 aromatic heterocycles. The second-order valence-electron chi connectivity index (χ2n) is 4.50. The van der Waals surface area contributed by atoms with Crippen molar-refractivity contribution < 1.29 is 4.74 Å². The fraction of sp³-hybridized carbons (Fsp3) is 0.571. The van der Waals surface area contributed by atoms with Gasteiger partial charge in [-0.15, -0.1) is 11.8 Å². The first-order chi connectivity index (χ1) is 8.34. The molecule has 3 heteroatoms. The lowest BCUT2D eigenvalue weighted by Crippen LogP contribution is -2.32. The van der Waals surface area contributed by atoms with Crippen molar-refractivity contribution in [2.24, 2.45) is 0 Å². The van der Waals surface area contributed by atoms with Crippen LogP contribution in [0.4, 0.5) is 0 Å². The van der Waals surface area contributed by atoms with Crippen molar-refractivity contribution in [3.05, 3.63) is 30.3 Å². The molecular formula is C14H21NOS. The smallest absolute Gasteiger partial charge is 0.0673 e. The van der Waals surface area contributed by atoms with Gasteiger partial charge in [0.2, 0.25) is 0 Å². The Labute approximate surface area is 108 Å². The lowest BCUT2D eigenvalue weighted by Gasteiger charge is -2.21. The third-order valence-corrected chi connectivity index (χ3v) is 3.95. The molecule has 1 fully saturated rings. The predicted octanol–water partition coefficient (Wildman–Crippen LogP) is 2.89. The van der Waals surface area contributed by atoms with E-state index in [4.69, 9.17) is 4.74 Å². The largest absolute Gasteiger partial charge is 0.377 e. The van der Waals surface area contributed by atoms with Gasteiger partial charge in [0.25, 0.3) is 0 Å². The molecule has 17 heavy (non-hydrogen) atoms. The molecule has 0 N–H and O–H groups in total. The molecule has 1 aliphatic rings. The van der Waals surface area contributed by atoms with Gasteiger partial charge >= 0.3 is 0 Å². The molecule has 1 aromatic rings. The van der Waals surface area contributed by atoms with Crippen LogP contribution in [0.3, 0.4) is 0 Å². The molecule has 2 rings (SSSR count). The molecule has 94 valence electrons. The van der Waals surface area contributed by atoms with Gasteiger partial charge in [-0.2, -0.15) is 0 Å². The summed E-state index contributed by atoms with van der Waals surface area (Å²) in [5.41, 5.74) is 0. The van der Waals surface area contributed by atoms with Crippen LogP contribution in [-0.2, 0) is 4.74 Å². The average Bonchev–Trinajstić information content (AvgIpc) is 2.55. The fourth-order valence-corrected chi connectivity index (χ4v) is 3.03. The first kappa shape index (κ1) is 12.9. The number of hydrogen-bond donors (Lipinski definition) is 0. The van der Waals surface area contributed by atoms with Crippen LogP contribution in [0, 0.1) is 0 Å². The third kappa shape index (κ3) is 4.70. The number of thioether (sulfide) groups is 1. The summed E-state index contributed by atoms with van der Waals surface area (Å²) in [6, 6.07) is 10.6. The van der Waals surface area contributed by atoms with E-state index in [2.05, 4.69) is 42.2 Å². The van der Waals surface area contributed by atoms with Gasteiger partial charge in [-0.05, 0) is 25.5 Å². The van der Waals surface area contributed by atoms with E-state index in [1.165, 1.54) is 17.9 Å². The van der Waals surface area contributed by atoms with Crippen molar-refractivity contribution in [2.75, 3.05) is 32.0 Å². The first-order valence-corrected chi connectivity index (χ1v) is 7.35. The molecule has 0 saturated carbocycles. The van der Waals surface area contributed by atoms with Gasteiger partial charge < -0.3 is 4.74 Å². The number of benzene rings is 1. The first-order valence-electron chi connectivity index (χ1n) is 6.36. The van der Waals surface area contributed by atoms with Crippen LogP contribution in [0.25, 0.3) is 0 Å². The zero-order valence-corrected chi connectivity index (χ0v) is 11.3. The molecule has 0 radical (unpaired) electrons. The van der Waals surface area contributed by atoms with Gasteiger partial charge in [0.05, 0.1) is 6.10 Å². The van der Waals surface area contributed by atoms with Crippen molar-refractivity contribution in [1.29, 1.82) is 0 Å². The molecule has 1 saturated heterocycles. The van der Waals surface area contributed by atoms with Crippen LogP contribution in [0.2, 0.25) is 0 Å². The van der Waals surface area contributed by atoms with Gasteiger partial charge in [0.1, 0.15) is 0 Å². The second kappa shape index (κ2) is 7.04. The molecule has 2 nitrogen and oxygen atoms in total. The molecule has 0 amide bonds. The Morgan fingerprint density at radius 3 is 3.00 bits per heavy atom. The van der Waals surface area contributed by atoms with Crippen molar-refractivity contribution >= 4 is 11.8 Å². The molecule has 0 aliphatic carbocycles. The van der Waals surface area contributed by atoms with Gasteiger partial charge in [-0.1, -0.05) is 18.2 Å². The summed E-state index contributed by atoms with van der Waals surface area (Å²) < 4.78 is 5.65. The van der Waals surface area contributed by atoms with Gasteiger partial charge in [0, 0.05) is 36.9 Å². The topological polar surface area (TPSA) is 12.5 Å². The van der Waals surface area contributed by atoms with Crippen molar-refractivity contribution in [3.63, 3.8) is 0 Å². The zero-order chi connectivity index (χ0) is 11.9. The van der Waals surface area contributed by atoms with Crippen molar-refractivity contribution in [2.45, 2.75) is 24.3 Å². The maximum atomic E-state index is 5.65. The van der Waals surface area contributed by atoms with Crippen molar-refractivity contribution in [1.82, 2.24) is 4.90 Å². The lowest BCUT2D eigenvalue weighted by molar-refractivity contribution is 0.0686. The maximum absolute atomic E-state index is 5.65. The molecule has 1 aliphatic heterocycles. The Balaban J connectivity index is 1.70. The SMILES string of the molecule is CC1CN(CCSc2ccccc2)CCCO1. The maximum Gasteiger partial charge on any atom is 0.0673 e. The van der Waals surface area contributed by atoms with E-state index < -0.39 is 0 Å². The zero-order valence-electron chi connectivity index (χ0n) is 10.5. The Bertz CT molecular complexity index is 317. The normalized spacial score (nSPS) is 22.3. The van der Waals surface area contributed by atoms with Crippen LogP contribution in [0.15, 0.2) is 35.2 Å². The Morgan fingerprint density at radius 2 is 2.18 bits per heavy atom. The summed E-state index contributed by atoms with van der Waals surface area (Å²) in [5, 5.41) is 0. The standard InChI is InChI=1S/C14H21NOS/c1-13-12-15(8-5-10-16-13)9-11-17-14-6-3-2-4-7-14/h2-4,6-7,13H,5,8-12H2,1H3. The third-order valence-electron chi connectivity index (χ3n) is 2.96. The highest BCUT2D eigenvalue weighted by Crippen LogP contribution is 2.17. The van der Waals surface area contributed by atoms with Crippen LogP contribution < -0.4 is 0 Å². The molecule has 1 heterocycles. The minimum Gasteiger partial charge on any atom is -0.377 e. The highest BCUT2D eigenvalue weighted by molar-refractivity contribution is 7.99. The molecule has 0 spiro atoms. The monoisotopic (exact) mass is 251 g/mol. The second-order valence-corrected chi connectivity index (χ2v) is 5.67. The van der Waals surface area contributed by atoms with E-state index in [0.717, 1.165) is 25.4 Å². The summed E-state index contributed by atoms with van der Waals surface area (Å²) in [6.07, 6.45) is 1.56. The van der Waals surface area contributed by atoms with E-state index >= 15 is 0 Å². The Morgan fingerprint density at radius 1 is 1.35 bits per heavy atom. The number of nitrogens with zero attached hydrogens (tertiary/aromatic N) is 1. The van der Waals surface area contributed by atoms with E-state index in [-0.39, 0.29) is 0 Å². The Hall–Kier alpha value is -0.510. The molecular weight excluding hydrogens is 230 g/mol. The highest BCUT2D eigenvalue weighted by atomic mass is 32.2. The number of ether oxygens (including phenoxy) is 1. The highest BCUT2D eigenvalue weighted by Gasteiger charge is 2.14. The summed E-state index contributed by atoms with van der Waals surface area (Å²) >= 11 is 1.94. The number of hydrogen-bond acceptors (Lipinski definition) is 3. The minimum absolute atomic E-state index is 0.388. The summed E-state index contributed by atoms with van der Waals surface area (Å²) in [4.78, 5) is 3.89. The minimum atomic E-state index is 0.388. The van der Waals surface area contributed by atoms with Gasteiger partial charge in [0.15, 0.2) is 0 Å². The van der Waals surface area contributed by atoms with Gasteiger partial charge in [-0.25, -0.2) is 0 Å². The summed E-state index contributed by atoms with van der Waals surface area (Å²) in [7, 11) is 0. The molecule has 1 unspecified atom stereocenters. The number of rotatable bonds is 4. The van der Waals surface area contributed by atoms with E-state index in [1.807, 2.05) is 11.8 Å². The predicted molar refractivity (Wildman–Crippen MR) is 73.6 cm³/mol. The molecule has 0 bridgehead atoms. The fourth-order valence-electron chi connectivity index (χ4n) is 2.09. The average molecular weight is 251 g/mol. The summed E-state index contributed by atoms with van der Waals surface area (Å²) in [6.45, 7) is 6.51. The van der Waals surface area contributed by atoms with Crippen LogP contribution in [-0.4, -0.2) is 43.0 Å². The van der Waals surface area contributed by atoms with Gasteiger partial charge in [-0.3, -0.25) is 4.90 Å². The van der Waals surface area contributed by atoms with E-state index in [0.29, 0.717) is 6.10 Å². The quantitative estimate of drug-likeness (QED) is 0.764. The van der Waals surface area contributed by atoms with Crippen molar-refractivity contribution in [3.8, 4) is 0 Å². The summed E-state index contributed by atoms with van der Waals surface area (Å²) in [5.74, 6) is 1.16. The van der Waals surface area contributed by atoms with Crippen LogP contribution >= 0.6 is 11.8 Å². The van der Waals surface area contributed by atoms with Crippen LogP contribution in [0.1, 0.15) is 13.3 Å². The van der Waals surface area contributed by atoms with Crippen LogP contribution in [0.5, 0.6) is 0 Å². The van der Waals surface area contributed by atoms with E-state index in [1.54, 1.807) is 0 Å².